The van der Waals surface area contributed by atoms with Crippen LogP contribution >= 0.6 is 23.2 Å². The first-order valence-corrected chi connectivity index (χ1v) is 9.90. The molecular weight excluding hydrogens is 409 g/mol. The van der Waals surface area contributed by atoms with Crippen LogP contribution in [0, 0.1) is 0 Å². The van der Waals surface area contributed by atoms with Gasteiger partial charge in [-0.05, 0) is 48.2 Å². The number of allylic oxidation sites excluding steroid dienone is 1. The summed E-state index contributed by atoms with van der Waals surface area (Å²) in [7, 11) is 1.29. The Bertz CT molecular complexity index is 1020. The topological polar surface area (TPSA) is 46.6 Å². The molecule has 0 bridgehead atoms. The molecule has 0 radical (unpaired) electrons. The van der Waals surface area contributed by atoms with Crippen LogP contribution in [-0.4, -0.2) is 19.0 Å². The van der Waals surface area contributed by atoms with E-state index in [2.05, 4.69) is 13.8 Å². The van der Waals surface area contributed by atoms with E-state index in [1.165, 1.54) is 17.6 Å². The molecule has 2 aromatic carbocycles. The van der Waals surface area contributed by atoms with Crippen molar-refractivity contribution in [2.45, 2.75) is 26.7 Å². The van der Waals surface area contributed by atoms with Gasteiger partial charge < -0.3 is 4.74 Å². The van der Waals surface area contributed by atoms with Crippen LogP contribution in [0.4, 0.5) is 5.69 Å². The fraction of sp³-hybridized carbons (Fsp3) is 0.217. The van der Waals surface area contributed by atoms with Gasteiger partial charge in [0.2, 0.25) is 0 Å². The number of hydrogen-bond donors (Lipinski definition) is 0. The summed E-state index contributed by atoms with van der Waals surface area (Å²) in [5.41, 5.74) is 3.46. The fourth-order valence-electron chi connectivity index (χ4n) is 3.30. The lowest BCUT2D eigenvalue weighted by atomic mass is 9.99. The summed E-state index contributed by atoms with van der Waals surface area (Å²) < 4.78 is 4.93. The lowest BCUT2D eigenvalue weighted by molar-refractivity contribution is -0.136. The molecule has 0 unspecified atom stereocenters. The molecule has 1 amide bonds. The average molecular weight is 430 g/mol. The maximum absolute atomic E-state index is 13.3. The Morgan fingerprint density at radius 2 is 1.66 bits per heavy atom. The molecule has 1 aliphatic rings. The summed E-state index contributed by atoms with van der Waals surface area (Å²) in [6.45, 7) is 5.93. The second kappa shape index (κ2) is 8.44. The number of anilines is 1. The molecule has 3 rings (SSSR count). The zero-order valence-corrected chi connectivity index (χ0v) is 18.1. The molecule has 4 nitrogen and oxygen atoms in total. The third-order valence-electron chi connectivity index (χ3n) is 4.81. The van der Waals surface area contributed by atoms with E-state index in [4.69, 9.17) is 27.9 Å². The van der Waals surface area contributed by atoms with Gasteiger partial charge in [-0.25, -0.2) is 4.79 Å². The van der Waals surface area contributed by atoms with E-state index in [1.54, 1.807) is 31.2 Å². The van der Waals surface area contributed by atoms with Crippen LogP contribution in [0.3, 0.4) is 0 Å². The van der Waals surface area contributed by atoms with E-state index in [-0.39, 0.29) is 17.1 Å². The van der Waals surface area contributed by atoms with Crippen molar-refractivity contribution in [1.82, 2.24) is 0 Å². The van der Waals surface area contributed by atoms with Crippen molar-refractivity contribution in [3.8, 4) is 0 Å². The van der Waals surface area contributed by atoms with E-state index < -0.39 is 5.97 Å². The van der Waals surface area contributed by atoms with Crippen molar-refractivity contribution in [2.75, 3.05) is 12.0 Å². The Morgan fingerprint density at radius 3 is 2.17 bits per heavy atom. The highest BCUT2D eigenvalue weighted by molar-refractivity contribution is 6.35. The van der Waals surface area contributed by atoms with Gasteiger partial charge >= 0.3 is 5.97 Å². The summed E-state index contributed by atoms with van der Waals surface area (Å²) in [4.78, 5) is 27.2. The molecule has 1 heterocycles. The molecule has 2 aromatic rings. The third kappa shape index (κ3) is 4.24. The highest BCUT2D eigenvalue weighted by Crippen LogP contribution is 2.37. The van der Waals surface area contributed by atoms with E-state index >= 15 is 0 Å². The number of ether oxygens (including phenoxy) is 1. The zero-order chi connectivity index (χ0) is 21.3. The van der Waals surface area contributed by atoms with Crippen molar-refractivity contribution < 1.29 is 14.3 Å². The van der Waals surface area contributed by atoms with Gasteiger partial charge in [0, 0.05) is 15.7 Å². The number of benzene rings is 2. The first-order valence-electron chi connectivity index (χ1n) is 9.14. The summed E-state index contributed by atoms with van der Waals surface area (Å²) in [6.07, 6.45) is 1.70. The van der Waals surface area contributed by atoms with E-state index in [0.717, 1.165) is 5.56 Å². The monoisotopic (exact) mass is 429 g/mol. The second-order valence-corrected chi connectivity index (χ2v) is 7.97. The van der Waals surface area contributed by atoms with Gasteiger partial charge in [-0.3, -0.25) is 9.69 Å². The van der Waals surface area contributed by atoms with E-state index in [0.29, 0.717) is 27.3 Å². The van der Waals surface area contributed by atoms with Crippen LogP contribution in [-0.2, 0) is 14.3 Å². The van der Waals surface area contributed by atoms with Gasteiger partial charge in [0.05, 0.1) is 23.9 Å². The van der Waals surface area contributed by atoms with Gasteiger partial charge in [0.1, 0.15) is 0 Å². The highest BCUT2D eigenvalue weighted by Gasteiger charge is 2.38. The molecule has 0 saturated carbocycles. The number of amides is 1. The Labute approximate surface area is 180 Å². The van der Waals surface area contributed by atoms with Crippen molar-refractivity contribution in [3.63, 3.8) is 0 Å². The maximum atomic E-state index is 13.3. The van der Waals surface area contributed by atoms with Crippen molar-refractivity contribution in [2.24, 2.45) is 0 Å². The molecule has 0 aliphatic carbocycles. The molecule has 1 aliphatic heterocycles. The molecule has 0 N–H and O–H groups in total. The Kier molecular flexibility index (Phi) is 6.15. The molecule has 0 fully saturated rings. The number of methoxy groups -OCH3 is 1. The maximum Gasteiger partial charge on any atom is 0.340 e. The largest absolute Gasteiger partial charge is 0.465 e. The number of hydrogen-bond acceptors (Lipinski definition) is 3. The number of halogens is 2. The molecule has 0 spiro atoms. The zero-order valence-electron chi connectivity index (χ0n) is 16.6. The highest BCUT2D eigenvalue weighted by atomic mass is 35.5. The van der Waals surface area contributed by atoms with Crippen LogP contribution in [0.5, 0.6) is 0 Å². The van der Waals surface area contributed by atoms with Crippen LogP contribution < -0.4 is 4.90 Å². The van der Waals surface area contributed by atoms with Crippen LogP contribution in [0.15, 0.2) is 59.3 Å². The van der Waals surface area contributed by atoms with Crippen molar-refractivity contribution >= 4 is 46.8 Å². The Balaban J connectivity index is 2.11. The SMILES string of the molecule is COC(=O)C1=C(C)N(c2cc(Cl)cc(Cl)c2)C(=O)/C1=C\c1ccc(C(C)C)cc1. The van der Waals surface area contributed by atoms with Gasteiger partial charge in [-0.15, -0.1) is 0 Å². The molecular formula is C23H21Cl2NO3. The summed E-state index contributed by atoms with van der Waals surface area (Å²) in [5, 5.41) is 0.795. The Morgan fingerprint density at radius 1 is 1.07 bits per heavy atom. The minimum absolute atomic E-state index is 0.224. The second-order valence-electron chi connectivity index (χ2n) is 7.10. The molecule has 0 atom stereocenters. The Hall–Kier alpha value is -2.56. The van der Waals surface area contributed by atoms with E-state index in [9.17, 15) is 9.59 Å². The van der Waals surface area contributed by atoms with Gasteiger partial charge in [0.25, 0.3) is 5.91 Å². The smallest absolute Gasteiger partial charge is 0.340 e. The van der Waals surface area contributed by atoms with Crippen molar-refractivity contribution in [3.05, 3.63) is 80.5 Å². The van der Waals surface area contributed by atoms with E-state index in [1.807, 2.05) is 24.3 Å². The standard InChI is InChI=1S/C23H21Cl2NO3/c1-13(2)16-7-5-15(6-8-16)9-20-21(23(28)29-4)14(3)26(22(20)27)19-11-17(24)10-18(25)12-19/h5-13H,1-4H3/b20-9-. The van der Waals surface area contributed by atoms with Gasteiger partial charge in [0.15, 0.2) is 0 Å². The molecule has 0 saturated heterocycles. The lowest BCUT2D eigenvalue weighted by Crippen LogP contribution is -2.24. The predicted molar refractivity (Wildman–Crippen MR) is 117 cm³/mol. The minimum Gasteiger partial charge on any atom is -0.465 e. The minimum atomic E-state index is -0.573. The molecule has 29 heavy (non-hydrogen) atoms. The quantitative estimate of drug-likeness (QED) is 0.442. The number of esters is 1. The molecule has 6 heteroatoms. The molecule has 150 valence electrons. The number of carbonyl (C=O) groups excluding carboxylic acids is 2. The number of rotatable bonds is 4. The van der Waals surface area contributed by atoms with Crippen LogP contribution in [0.1, 0.15) is 37.8 Å². The van der Waals surface area contributed by atoms with Crippen LogP contribution in [0.2, 0.25) is 10.0 Å². The first-order chi connectivity index (χ1) is 13.7. The average Bonchev–Trinajstić information content (AvgIpc) is 2.90. The summed E-state index contributed by atoms with van der Waals surface area (Å²) in [6, 6.07) is 12.7. The first kappa shape index (κ1) is 21.2. The van der Waals surface area contributed by atoms with Gasteiger partial charge in [-0.2, -0.15) is 0 Å². The molecule has 0 aromatic heterocycles. The van der Waals surface area contributed by atoms with Crippen LogP contribution in [0.25, 0.3) is 6.08 Å². The summed E-state index contributed by atoms with van der Waals surface area (Å²) >= 11 is 12.2. The third-order valence-corrected chi connectivity index (χ3v) is 5.25. The fourth-order valence-corrected chi connectivity index (χ4v) is 3.82. The van der Waals surface area contributed by atoms with Crippen molar-refractivity contribution in [1.29, 1.82) is 0 Å². The lowest BCUT2D eigenvalue weighted by Gasteiger charge is -2.18. The normalized spacial score (nSPS) is 15.6. The van der Waals surface area contributed by atoms with Gasteiger partial charge in [-0.1, -0.05) is 61.3 Å². The number of nitrogens with zero attached hydrogens (tertiary/aromatic N) is 1. The number of carbonyl (C=O) groups is 2. The predicted octanol–water partition coefficient (Wildman–Crippen LogP) is 5.99. The summed E-state index contributed by atoms with van der Waals surface area (Å²) in [5.74, 6) is -0.508.